The number of carbonyl (C=O) groups is 4. The average molecular weight is 521 g/mol. The number of unbranched alkanes of at least 4 members (excludes halogenated alkanes) is 2. The van der Waals surface area contributed by atoms with Gasteiger partial charge in [-0.15, -0.1) is 0 Å². The highest BCUT2D eigenvalue weighted by atomic mass is 16.7. The van der Waals surface area contributed by atoms with Gasteiger partial charge in [-0.05, 0) is 64.2 Å². The van der Waals surface area contributed by atoms with E-state index < -0.39 is 29.6 Å². The summed E-state index contributed by atoms with van der Waals surface area (Å²) < 4.78 is 5.73. The molecule has 0 spiro atoms. The minimum Gasteiger partial charge on any atom is -0.507 e. The predicted molar refractivity (Wildman–Crippen MR) is 134 cm³/mol. The average Bonchev–Trinajstić information content (AvgIpc) is 3.10. The Kier molecular flexibility index (Phi) is 10.5. The molecule has 11 nitrogen and oxygen atoms in total. The maximum absolute atomic E-state index is 12.9. The summed E-state index contributed by atoms with van der Waals surface area (Å²) in [6, 6.07) is 2.29. The number of phenols is 1. The van der Waals surface area contributed by atoms with Crippen molar-refractivity contribution in [2.75, 3.05) is 6.54 Å². The number of amides is 3. The third kappa shape index (κ3) is 9.74. The Hall–Kier alpha value is -3.63. The van der Waals surface area contributed by atoms with Crippen molar-refractivity contribution in [1.29, 1.82) is 0 Å². The van der Waals surface area contributed by atoms with E-state index in [1.807, 2.05) is 0 Å². The third-order valence-corrected chi connectivity index (χ3v) is 5.56. The molecule has 0 saturated carbocycles. The molecule has 0 aromatic heterocycles. The SMILES string of the molecule is Cc1cc(CC(NC(=O)CCCCCNC(=O)OC(C)(C)C)C(=O)O[N+]2=C(O)CCC2=O)cc(C)c1O. The molecule has 1 heterocycles. The number of carbonyl (C=O) groups excluding carboxylic acids is 4. The molecule has 1 aliphatic heterocycles. The largest absolute Gasteiger partial charge is 0.507 e. The van der Waals surface area contributed by atoms with Gasteiger partial charge < -0.3 is 25.6 Å². The quantitative estimate of drug-likeness (QED) is 0.197. The normalized spacial score (nSPS) is 14.4. The van der Waals surface area contributed by atoms with Gasteiger partial charge in [-0.25, -0.2) is 14.4 Å². The van der Waals surface area contributed by atoms with E-state index in [1.54, 1.807) is 46.8 Å². The van der Waals surface area contributed by atoms with Crippen molar-refractivity contribution in [1.82, 2.24) is 10.6 Å². The monoisotopic (exact) mass is 520 g/mol. The number of benzene rings is 1. The predicted octanol–water partition coefficient (Wildman–Crippen LogP) is 2.87. The number of ether oxygens (including phenoxy) is 1. The summed E-state index contributed by atoms with van der Waals surface area (Å²) in [4.78, 5) is 54.2. The van der Waals surface area contributed by atoms with Crippen LogP contribution >= 0.6 is 0 Å². The van der Waals surface area contributed by atoms with Crippen molar-refractivity contribution in [3.05, 3.63) is 28.8 Å². The van der Waals surface area contributed by atoms with E-state index in [1.165, 1.54) is 0 Å². The van der Waals surface area contributed by atoms with Gasteiger partial charge in [0.15, 0.2) is 0 Å². The van der Waals surface area contributed by atoms with Crippen molar-refractivity contribution in [2.45, 2.75) is 91.2 Å². The number of hydrogen-bond acceptors (Lipinski definition) is 7. The zero-order chi connectivity index (χ0) is 27.8. The first-order chi connectivity index (χ1) is 17.3. The van der Waals surface area contributed by atoms with Crippen LogP contribution < -0.4 is 10.6 Å². The second-order valence-corrected chi connectivity index (χ2v) is 10.2. The second-order valence-electron chi connectivity index (χ2n) is 10.2. The van der Waals surface area contributed by atoms with E-state index in [-0.39, 0.29) is 43.2 Å². The molecular weight excluding hydrogens is 482 g/mol. The lowest BCUT2D eigenvalue weighted by Crippen LogP contribution is -2.45. The van der Waals surface area contributed by atoms with Crippen LogP contribution in [-0.4, -0.2) is 62.9 Å². The second kappa shape index (κ2) is 13.1. The van der Waals surface area contributed by atoms with Crippen molar-refractivity contribution in [2.24, 2.45) is 0 Å². The van der Waals surface area contributed by atoms with Crippen LogP contribution in [0.2, 0.25) is 0 Å². The Balaban J connectivity index is 1.94. The van der Waals surface area contributed by atoms with E-state index in [2.05, 4.69) is 10.6 Å². The minimum absolute atomic E-state index is 0.0231. The van der Waals surface area contributed by atoms with Crippen LogP contribution in [0.5, 0.6) is 5.75 Å². The number of hydroxylamine groups is 1. The fourth-order valence-corrected chi connectivity index (χ4v) is 3.77. The highest BCUT2D eigenvalue weighted by Crippen LogP contribution is 2.24. The van der Waals surface area contributed by atoms with Crippen molar-refractivity contribution in [3.8, 4) is 5.75 Å². The van der Waals surface area contributed by atoms with Crippen LogP contribution in [0.4, 0.5) is 4.79 Å². The van der Waals surface area contributed by atoms with Gasteiger partial charge >= 0.3 is 23.9 Å². The molecule has 1 unspecified atom stereocenters. The molecule has 11 heteroatoms. The number of aromatic hydroxyl groups is 1. The maximum atomic E-state index is 12.9. The van der Waals surface area contributed by atoms with Gasteiger partial charge in [0.05, 0.1) is 17.6 Å². The number of rotatable bonds is 11. The van der Waals surface area contributed by atoms with Crippen molar-refractivity contribution >= 4 is 29.8 Å². The van der Waals surface area contributed by atoms with Gasteiger partial charge in [0.25, 0.3) is 0 Å². The van der Waals surface area contributed by atoms with Gasteiger partial charge in [-0.3, -0.25) is 4.79 Å². The zero-order valence-electron chi connectivity index (χ0n) is 22.2. The van der Waals surface area contributed by atoms with Crippen molar-refractivity contribution in [3.63, 3.8) is 0 Å². The zero-order valence-corrected chi connectivity index (χ0v) is 22.2. The molecule has 0 radical (unpaired) electrons. The van der Waals surface area contributed by atoms with Crippen LogP contribution in [-0.2, 0) is 30.4 Å². The maximum Gasteiger partial charge on any atom is 0.439 e. The molecule has 2 rings (SSSR count). The molecule has 4 N–H and O–H groups in total. The summed E-state index contributed by atoms with van der Waals surface area (Å²) >= 11 is 0. The van der Waals surface area contributed by atoms with E-state index in [0.717, 1.165) is 0 Å². The summed E-state index contributed by atoms with van der Waals surface area (Å²) in [7, 11) is 0. The number of alkyl carbamates (subject to hydrolysis) is 1. The Bertz CT molecular complexity index is 1040. The molecule has 1 aromatic rings. The van der Waals surface area contributed by atoms with Gasteiger partial charge in [-0.1, -0.05) is 18.6 Å². The minimum atomic E-state index is -1.12. The molecule has 1 atom stereocenters. The highest BCUT2D eigenvalue weighted by Gasteiger charge is 2.39. The van der Waals surface area contributed by atoms with Crippen LogP contribution in [0.3, 0.4) is 0 Å². The Morgan fingerprint density at radius 2 is 1.70 bits per heavy atom. The third-order valence-electron chi connectivity index (χ3n) is 5.56. The Morgan fingerprint density at radius 3 is 2.27 bits per heavy atom. The summed E-state index contributed by atoms with van der Waals surface area (Å²) in [5.74, 6) is -2.03. The fraction of sp³-hybridized carbons (Fsp3) is 0.577. The highest BCUT2D eigenvalue weighted by molar-refractivity contribution is 5.88. The molecule has 1 aliphatic rings. The molecule has 0 fully saturated rings. The molecule has 0 bridgehead atoms. The van der Waals surface area contributed by atoms with E-state index in [9.17, 15) is 29.4 Å². The standard InChI is InChI=1S/C26H37N3O8/c1-16-13-18(14-17(2)23(16)33)15-19(24(34)37-29-21(31)10-11-22(29)32)28-20(30)9-7-6-8-12-27-25(35)36-26(3,4)5/h13-14,19H,6-12,15H2,1-5H3,(H3,27,28,30,33,35)/p+1. The molecule has 37 heavy (non-hydrogen) atoms. The van der Waals surface area contributed by atoms with Gasteiger partial charge in [0.2, 0.25) is 5.91 Å². The smallest absolute Gasteiger partial charge is 0.439 e. The summed E-state index contributed by atoms with van der Waals surface area (Å²) in [6.45, 7) is 9.21. The number of hydrogen-bond donors (Lipinski definition) is 4. The molecule has 0 saturated heterocycles. The first kappa shape index (κ1) is 29.6. The number of nitrogens with zero attached hydrogens (tertiary/aromatic N) is 1. The van der Waals surface area contributed by atoms with E-state index >= 15 is 0 Å². The Morgan fingerprint density at radius 1 is 1.05 bits per heavy atom. The van der Waals surface area contributed by atoms with Gasteiger partial charge in [0, 0.05) is 19.4 Å². The first-order valence-electron chi connectivity index (χ1n) is 12.4. The fourth-order valence-electron chi connectivity index (χ4n) is 3.77. The molecule has 1 aromatic carbocycles. The first-order valence-corrected chi connectivity index (χ1v) is 12.4. The molecule has 3 amide bonds. The Labute approximate surface area is 216 Å². The lowest BCUT2D eigenvalue weighted by Gasteiger charge is -2.19. The molecular formula is C26H38N3O8+. The number of aryl methyl sites for hydroxylation is 2. The summed E-state index contributed by atoms with van der Waals surface area (Å²) in [5.41, 5.74) is 1.35. The van der Waals surface area contributed by atoms with Crippen LogP contribution in [0.25, 0.3) is 0 Å². The number of phenolic OH excluding ortho intramolecular Hbond substituents is 1. The lowest BCUT2D eigenvalue weighted by molar-refractivity contribution is -0.694. The summed E-state index contributed by atoms with van der Waals surface area (Å²) in [6.07, 6.45) is 1.65. The van der Waals surface area contributed by atoms with Crippen molar-refractivity contribution < 1.29 is 43.7 Å². The van der Waals surface area contributed by atoms with Gasteiger partial charge in [0.1, 0.15) is 17.4 Å². The van der Waals surface area contributed by atoms with Gasteiger partial charge in [-0.2, -0.15) is 4.84 Å². The number of aliphatic hydroxyl groups excluding tert-OH is 1. The number of aliphatic hydroxyl groups is 1. The summed E-state index contributed by atoms with van der Waals surface area (Å²) in [5, 5.41) is 25.2. The van der Waals surface area contributed by atoms with E-state index in [4.69, 9.17) is 9.57 Å². The lowest BCUT2D eigenvalue weighted by atomic mass is 10.00. The van der Waals surface area contributed by atoms with Crippen LogP contribution in [0.1, 0.15) is 76.0 Å². The molecule has 0 aliphatic carbocycles. The van der Waals surface area contributed by atoms with Crippen LogP contribution in [0, 0.1) is 13.8 Å². The topological polar surface area (TPSA) is 154 Å². The van der Waals surface area contributed by atoms with E-state index in [0.29, 0.717) is 47.2 Å². The van der Waals surface area contributed by atoms with Crippen LogP contribution in [0.15, 0.2) is 12.1 Å². The number of nitrogens with one attached hydrogen (secondary N) is 2. The molecule has 204 valence electrons.